The number of aryl methyl sites for hydroxylation is 1. The second-order valence-corrected chi connectivity index (χ2v) is 36.5. The lowest BCUT2D eigenvalue weighted by Crippen LogP contribution is -2.84. The third kappa shape index (κ3) is 6.09. The first-order valence-corrected chi connectivity index (χ1v) is 38.6. The molecule has 9 saturated carbocycles. The van der Waals surface area contributed by atoms with Crippen LogP contribution in [0.3, 0.4) is 0 Å². The molecule has 8 heterocycles. The van der Waals surface area contributed by atoms with E-state index >= 15 is 19.5 Å². The zero-order valence-corrected chi connectivity index (χ0v) is 55.6. The Morgan fingerprint density at radius 3 is 2.69 bits per heavy atom. The molecule has 11 bridgehead atoms. The van der Waals surface area contributed by atoms with E-state index in [0.29, 0.717) is 79.9 Å². The second-order valence-electron chi connectivity index (χ2n) is 36.5. The molecule has 14 aliphatic carbocycles. The Hall–Kier alpha value is -5.07. The molecule has 96 heavy (non-hydrogen) atoms. The maximum Gasteiger partial charge on any atom is 0.339 e. The van der Waals surface area contributed by atoms with Gasteiger partial charge in [0.05, 0.1) is 54.4 Å². The number of aliphatic hydroxyl groups excluding tert-OH is 3. The topological polar surface area (TPSA) is 181 Å². The highest BCUT2D eigenvalue weighted by Gasteiger charge is 3.01. The van der Waals surface area contributed by atoms with Crippen LogP contribution < -0.4 is 5.32 Å². The van der Waals surface area contributed by atoms with E-state index in [2.05, 4.69) is 108 Å². The zero-order valence-electron chi connectivity index (χ0n) is 55.6. The number of cyclic esters (lactones) is 1. The number of Topliss-reactive ketones (excluding diaryl/α,β-unsaturated/α-hetero) is 1. The van der Waals surface area contributed by atoms with E-state index in [1.54, 1.807) is 0 Å². The fourth-order valence-electron chi connectivity index (χ4n) is 32.2. The fraction of sp³-hybridized carbons (Fsp3) is 0.699. The second kappa shape index (κ2) is 18.7. The third-order valence-electron chi connectivity index (χ3n) is 34.6. The van der Waals surface area contributed by atoms with Crippen molar-refractivity contribution in [3.05, 3.63) is 119 Å². The molecular formula is C83H94N2O11. The standard InChI is InChI=1S/C83H94N2O11/c1-75-36-51-37-76-26-6-10-53(76)32-55-34-65-77-27-24-45-9-5-11-56(45)59(77)23-18-46-15-21-54(33-60(46)77)80(65)69-67(88)71(89)79(68(51)78(69)41-93-73(90)70(76)82(55,78)96-80)61-30-44(29-43-7-3-2-4-8-43)12-13-47(61)14-19-52-20-16-50-40-92-64(66(50)81(52,75)95-74(91)72-83(75,79)94-72)35-58(63(87)39-86)48-17-22-57-49(31-48)25-28-85-42-84-38-62(57)85/h2-4,7-8,15,18,21,24-25,27-28,34,40,44-45,47-49,51-54,56-63,65,68-72,84,86-87,89H,5-6,9-13,16-17,20,22-23,26,29-33,35-39,41-42H2,1H3/t44-,45-,47-,48+,49-,51+,52-,53+,54-,56-,57+,58+,59+,60-,61+,62-,63-,65-,68-,69+,70+,71-,72-,75+,76+,77+,78-,79+,80+,81+,82+,83-/m1/s1. The van der Waals surface area contributed by atoms with Crippen LogP contribution in [-0.4, -0.2) is 106 Å². The minimum Gasteiger partial charge on any atom is -0.469 e. The van der Waals surface area contributed by atoms with Gasteiger partial charge < -0.3 is 43.6 Å². The van der Waals surface area contributed by atoms with Gasteiger partial charge in [0.15, 0.2) is 17.5 Å². The van der Waals surface area contributed by atoms with Crippen LogP contribution in [0.2, 0.25) is 0 Å². The maximum absolute atomic E-state index is 18.5. The van der Waals surface area contributed by atoms with Crippen LogP contribution in [-0.2, 0) is 58.2 Å². The van der Waals surface area contributed by atoms with Crippen LogP contribution in [0.5, 0.6) is 0 Å². The van der Waals surface area contributed by atoms with Crippen molar-refractivity contribution in [3.8, 4) is 11.8 Å². The van der Waals surface area contributed by atoms with Crippen molar-refractivity contribution in [2.45, 2.75) is 189 Å². The highest BCUT2D eigenvalue weighted by molar-refractivity contribution is 5.95. The Morgan fingerprint density at radius 2 is 1.79 bits per heavy atom. The molecule has 8 spiro atoms. The number of hydrogen-bond acceptors (Lipinski definition) is 13. The summed E-state index contributed by atoms with van der Waals surface area (Å²) >= 11 is 0. The first kappa shape index (κ1) is 57.7. The molecule has 1 aromatic heterocycles. The van der Waals surface area contributed by atoms with Gasteiger partial charge in [0.1, 0.15) is 29.7 Å². The quantitative estimate of drug-likeness (QED) is 0.0891. The number of fused-ring (bicyclic) bond motifs is 8. The minimum atomic E-state index is -1.59. The van der Waals surface area contributed by atoms with Crippen LogP contribution in [0.4, 0.5) is 0 Å². The molecular weight excluding hydrogens is 1200 g/mol. The average molecular weight is 1300 g/mol. The van der Waals surface area contributed by atoms with Crippen molar-refractivity contribution in [2.24, 2.45) is 140 Å². The van der Waals surface area contributed by atoms with Crippen molar-refractivity contribution < 1.29 is 53.1 Å². The molecule has 2 aromatic rings. The van der Waals surface area contributed by atoms with Gasteiger partial charge in [0, 0.05) is 58.6 Å². The Balaban J connectivity index is 0.770. The molecule has 4 N–H and O–H groups in total. The Morgan fingerprint density at radius 1 is 0.885 bits per heavy atom. The smallest absolute Gasteiger partial charge is 0.339 e. The molecule has 5 saturated heterocycles. The monoisotopic (exact) mass is 1290 g/mol. The number of ketones is 1. The Kier molecular flexibility index (Phi) is 11.2. The van der Waals surface area contributed by atoms with E-state index in [9.17, 15) is 10.2 Å². The van der Waals surface area contributed by atoms with Crippen molar-refractivity contribution in [1.82, 2.24) is 10.2 Å². The van der Waals surface area contributed by atoms with Crippen molar-refractivity contribution in [1.29, 1.82) is 0 Å². The van der Waals surface area contributed by atoms with E-state index in [1.165, 1.54) is 36.0 Å². The van der Waals surface area contributed by atoms with Crippen molar-refractivity contribution >= 4 is 17.7 Å². The largest absolute Gasteiger partial charge is 0.469 e. The Labute approximate surface area is 563 Å². The van der Waals surface area contributed by atoms with E-state index < -0.39 is 97.9 Å². The molecule has 13 heteroatoms. The number of hydrogen-bond donors (Lipinski definition) is 4. The fourth-order valence-corrected chi connectivity index (χ4v) is 32.2. The molecule has 7 aliphatic heterocycles. The van der Waals surface area contributed by atoms with Crippen LogP contribution in [0.15, 0.2) is 101 Å². The number of allylic oxidation sites excluding steroid dienone is 6. The number of furan rings is 1. The van der Waals surface area contributed by atoms with Crippen molar-refractivity contribution in [3.63, 3.8) is 0 Å². The summed E-state index contributed by atoms with van der Waals surface area (Å²) in [5, 5.41) is 42.7. The predicted octanol–water partition coefficient (Wildman–Crippen LogP) is 10.5. The molecule has 0 unspecified atom stereocenters. The molecule has 21 aliphatic rings. The van der Waals surface area contributed by atoms with Gasteiger partial charge in [-0.15, -0.1) is 0 Å². The number of epoxide rings is 1. The lowest BCUT2D eigenvalue weighted by Gasteiger charge is -2.74. The molecule has 0 radical (unpaired) electrons. The average Bonchev–Trinajstić information content (AvgIpc) is 1.40. The van der Waals surface area contributed by atoms with Gasteiger partial charge >= 0.3 is 11.9 Å². The molecule has 13 nitrogen and oxygen atoms in total. The zero-order chi connectivity index (χ0) is 63.8. The Bertz CT molecular complexity index is 4040. The highest BCUT2D eigenvalue weighted by Crippen LogP contribution is 2.93. The molecule has 0 amide bonds. The number of carbonyl (C=O) groups is 3. The van der Waals surface area contributed by atoms with Crippen LogP contribution in [0, 0.1) is 151 Å². The molecule has 32 atom stereocenters. The summed E-state index contributed by atoms with van der Waals surface area (Å²) in [5.41, 5.74) is -4.09. The number of rotatable bonds is 7. The summed E-state index contributed by atoms with van der Waals surface area (Å²) in [6, 6.07) is 11.3. The van der Waals surface area contributed by atoms with Crippen LogP contribution in [0.1, 0.15) is 145 Å². The number of esters is 2. The molecule has 502 valence electrons. The molecule has 1 aromatic carbocycles. The molecule has 23 rings (SSSR count). The van der Waals surface area contributed by atoms with Gasteiger partial charge in [-0.25, -0.2) is 4.79 Å². The van der Waals surface area contributed by atoms with Gasteiger partial charge in [-0.2, -0.15) is 0 Å². The summed E-state index contributed by atoms with van der Waals surface area (Å²) in [6.45, 7) is 3.84. The summed E-state index contributed by atoms with van der Waals surface area (Å²) in [4.78, 5) is 54.0. The summed E-state index contributed by atoms with van der Waals surface area (Å²) in [7, 11) is 0. The van der Waals surface area contributed by atoms with Crippen LogP contribution >= 0.6 is 0 Å². The number of benzene rings is 1. The van der Waals surface area contributed by atoms with Gasteiger partial charge in [-0.1, -0.05) is 104 Å². The van der Waals surface area contributed by atoms with E-state index in [-0.39, 0.29) is 83.6 Å². The summed E-state index contributed by atoms with van der Waals surface area (Å²) in [6.07, 6.45) is 36.4. The predicted molar refractivity (Wildman–Crippen MR) is 350 cm³/mol. The lowest BCUT2D eigenvalue weighted by atomic mass is 9.27. The number of aliphatic hydroxyl groups is 3. The van der Waals surface area contributed by atoms with E-state index in [0.717, 1.165) is 101 Å². The van der Waals surface area contributed by atoms with Gasteiger partial charge in [0.25, 0.3) is 0 Å². The van der Waals surface area contributed by atoms with E-state index in [4.69, 9.17) is 23.4 Å². The highest BCUT2D eigenvalue weighted by atomic mass is 16.7. The van der Waals surface area contributed by atoms with Gasteiger partial charge in [-0.05, 0) is 226 Å². The van der Waals surface area contributed by atoms with E-state index in [1.807, 2.05) is 6.26 Å². The van der Waals surface area contributed by atoms with Gasteiger partial charge in [0.2, 0.25) is 0 Å². The van der Waals surface area contributed by atoms with Gasteiger partial charge in [-0.3, -0.25) is 14.9 Å². The molecule has 14 fully saturated rings. The summed E-state index contributed by atoms with van der Waals surface area (Å²) in [5.74, 6) is 7.00. The number of nitrogens with one attached hydrogen (secondary N) is 1. The number of nitrogens with zero attached hydrogens (tertiary/aromatic N) is 1. The lowest BCUT2D eigenvalue weighted by molar-refractivity contribution is -0.320. The minimum absolute atomic E-state index is 0.0219. The first-order valence-electron chi connectivity index (χ1n) is 38.6. The number of carbonyl (C=O) groups excluding carboxylic acids is 3. The third-order valence-corrected chi connectivity index (χ3v) is 34.6. The van der Waals surface area contributed by atoms with Crippen molar-refractivity contribution in [2.75, 3.05) is 26.4 Å². The SMILES string of the molecule is C[C@]12C[C@H]3C[C@@]45CCC[C@H]4CC4=C[C@@H]6[C@@]78C=C[C@H]9CCC[C@H]9[C@@H]7CC=C7C=C[C@H](C[C@H]78)[C@]67O[C@]46[C@H]5C(=O)OC[C@@]64[C@@H]7C(=O)[C@@H](O)[C@@]5([C@H]34)[C@H]3C[C@@H](Cc4ccccc4)CC[C@@H]3C#C[C@@H]3CCc4coc(C[C@@H]([C@H]6CC[C@H]7[C@H](C=CN8CNC[C@H]78)C6)[C@H](O)CO)c4[C@@]31OC(=O)[C@H]1O[C@@]152. The first-order chi connectivity index (χ1) is 46.8. The number of ether oxygens (including phenoxy) is 4. The maximum atomic E-state index is 18.5. The summed E-state index contributed by atoms with van der Waals surface area (Å²) < 4.78 is 39.2. The van der Waals surface area contributed by atoms with Crippen LogP contribution in [0.25, 0.3) is 0 Å². The normalized spacial score (nSPS) is 55.0.